The first kappa shape index (κ1) is 15.8. The second-order valence-electron chi connectivity index (χ2n) is 5.18. The molecule has 0 saturated carbocycles. The summed E-state index contributed by atoms with van der Waals surface area (Å²) in [7, 11) is 4.55. The minimum absolute atomic E-state index is 0.170. The van der Waals surface area contributed by atoms with Gasteiger partial charge >= 0.3 is 0 Å². The number of amides is 1. The Morgan fingerprint density at radius 2 is 1.83 bits per heavy atom. The van der Waals surface area contributed by atoms with Crippen molar-refractivity contribution in [2.45, 2.75) is 6.54 Å². The quantitative estimate of drug-likeness (QED) is 0.716. The molecule has 124 valence electrons. The first-order chi connectivity index (χ1) is 11.6. The predicted molar refractivity (Wildman–Crippen MR) is 87.1 cm³/mol. The predicted octanol–water partition coefficient (Wildman–Crippen LogP) is 2.51. The Balaban J connectivity index is 1.87. The molecule has 0 fully saturated rings. The van der Waals surface area contributed by atoms with Crippen LogP contribution in [0.1, 0.15) is 16.1 Å². The number of carbonyl (C=O) groups excluding carboxylic acids is 1. The van der Waals surface area contributed by atoms with Gasteiger partial charge in [-0.05, 0) is 12.1 Å². The van der Waals surface area contributed by atoms with Crippen molar-refractivity contribution in [1.29, 1.82) is 0 Å². The highest BCUT2D eigenvalue weighted by Gasteiger charge is 2.24. The lowest BCUT2D eigenvalue weighted by atomic mass is 10.2. The number of nitrogens with zero attached hydrogens (tertiary/aromatic N) is 3. The van der Waals surface area contributed by atoms with Crippen molar-refractivity contribution in [3.05, 3.63) is 48.0 Å². The van der Waals surface area contributed by atoms with Gasteiger partial charge in [-0.25, -0.2) is 9.97 Å². The van der Waals surface area contributed by atoms with Crippen molar-refractivity contribution < 1.29 is 18.7 Å². The zero-order valence-corrected chi connectivity index (χ0v) is 13.6. The molecule has 0 atom stereocenters. The van der Waals surface area contributed by atoms with Crippen LogP contribution in [0.4, 0.5) is 0 Å². The molecule has 0 saturated heterocycles. The molecule has 0 aliphatic carbocycles. The number of rotatable bonds is 5. The smallest absolute Gasteiger partial charge is 0.265 e. The van der Waals surface area contributed by atoms with Crippen LogP contribution < -0.4 is 9.47 Å². The molecule has 7 nitrogen and oxygen atoms in total. The molecule has 0 unspecified atom stereocenters. The van der Waals surface area contributed by atoms with Crippen LogP contribution in [0, 0.1) is 0 Å². The summed E-state index contributed by atoms with van der Waals surface area (Å²) in [4.78, 5) is 22.2. The summed E-state index contributed by atoms with van der Waals surface area (Å²) in [5.74, 6) is 0.707. The Morgan fingerprint density at radius 3 is 2.46 bits per heavy atom. The van der Waals surface area contributed by atoms with E-state index in [0.717, 1.165) is 11.0 Å². The minimum atomic E-state index is -0.315. The fraction of sp³-hybridized carbons (Fsp3) is 0.235. The summed E-state index contributed by atoms with van der Waals surface area (Å²) >= 11 is 0. The molecule has 0 N–H and O–H groups in total. The number of para-hydroxylation sites is 1. The molecule has 3 rings (SSSR count). The number of methoxy groups -OCH3 is 2. The van der Waals surface area contributed by atoms with Crippen LogP contribution >= 0.6 is 0 Å². The van der Waals surface area contributed by atoms with Crippen LogP contribution in [0.2, 0.25) is 0 Å². The van der Waals surface area contributed by atoms with Crippen molar-refractivity contribution in [2.75, 3.05) is 21.3 Å². The molecular weight excluding hydrogens is 310 g/mol. The zero-order chi connectivity index (χ0) is 17.1. The molecule has 24 heavy (non-hydrogen) atoms. The van der Waals surface area contributed by atoms with E-state index in [9.17, 15) is 4.79 Å². The fourth-order valence-corrected chi connectivity index (χ4v) is 2.46. The van der Waals surface area contributed by atoms with E-state index in [-0.39, 0.29) is 23.2 Å². The van der Waals surface area contributed by atoms with Crippen LogP contribution in [0.25, 0.3) is 11.0 Å². The monoisotopic (exact) mass is 327 g/mol. The average Bonchev–Trinajstić information content (AvgIpc) is 3.02. The van der Waals surface area contributed by atoms with E-state index in [1.807, 2.05) is 30.3 Å². The molecule has 2 heterocycles. The van der Waals surface area contributed by atoms with Crippen LogP contribution in [-0.4, -0.2) is 42.0 Å². The van der Waals surface area contributed by atoms with Gasteiger partial charge in [0.15, 0.2) is 5.56 Å². The molecule has 0 aliphatic rings. The Labute approximate surface area is 138 Å². The first-order valence-corrected chi connectivity index (χ1v) is 7.30. The van der Waals surface area contributed by atoms with E-state index in [0.29, 0.717) is 12.3 Å². The Kier molecular flexibility index (Phi) is 4.33. The third kappa shape index (κ3) is 2.88. The molecule has 0 bridgehead atoms. The van der Waals surface area contributed by atoms with E-state index in [1.165, 1.54) is 25.4 Å². The summed E-state index contributed by atoms with van der Waals surface area (Å²) in [6, 6.07) is 9.60. The molecule has 7 heteroatoms. The second-order valence-corrected chi connectivity index (χ2v) is 5.18. The van der Waals surface area contributed by atoms with E-state index >= 15 is 0 Å². The minimum Gasteiger partial charge on any atom is -0.480 e. The second kappa shape index (κ2) is 6.57. The Morgan fingerprint density at radius 1 is 1.17 bits per heavy atom. The zero-order valence-electron chi connectivity index (χ0n) is 13.6. The number of fused-ring (bicyclic) bond motifs is 1. The molecule has 0 radical (unpaired) electrons. The Hall–Kier alpha value is -3.09. The lowest BCUT2D eigenvalue weighted by Crippen LogP contribution is -2.27. The van der Waals surface area contributed by atoms with E-state index in [2.05, 4.69) is 9.97 Å². The summed E-state index contributed by atoms with van der Waals surface area (Å²) in [5, 5.41) is 0.992. The third-order valence-electron chi connectivity index (χ3n) is 3.59. The van der Waals surface area contributed by atoms with Crippen LogP contribution in [-0.2, 0) is 6.54 Å². The number of hydrogen-bond donors (Lipinski definition) is 0. The van der Waals surface area contributed by atoms with Crippen molar-refractivity contribution in [3.63, 3.8) is 0 Å². The fourth-order valence-electron chi connectivity index (χ4n) is 2.46. The van der Waals surface area contributed by atoms with Crippen molar-refractivity contribution in [1.82, 2.24) is 14.9 Å². The van der Waals surface area contributed by atoms with Gasteiger partial charge in [0.05, 0.1) is 20.8 Å². The Bertz CT molecular complexity index is 820. The molecular formula is C17H17N3O4. The van der Waals surface area contributed by atoms with Gasteiger partial charge in [0.25, 0.3) is 5.91 Å². The van der Waals surface area contributed by atoms with Gasteiger partial charge in [-0.3, -0.25) is 4.79 Å². The highest BCUT2D eigenvalue weighted by molar-refractivity contribution is 5.98. The number of carbonyl (C=O) groups is 1. The first-order valence-electron chi connectivity index (χ1n) is 7.30. The lowest BCUT2D eigenvalue weighted by Gasteiger charge is -2.18. The number of ether oxygens (including phenoxy) is 2. The summed E-state index contributed by atoms with van der Waals surface area (Å²) in [6.45, 7) is 0.300. The van der Waals surface area contributed by atoms with Gasteiger partial charge in [-0.15, -0.1) is 0 Å². The molecule has 1 aromatic carbocycles. The number of aromatic nitrogens is 2. The number of furan rings is 1. The maximum Gasteiger partial charge on any atom is 0.265 e. The van der Waals surface area contributed by atoms with Crippen LogP contribution in [0.15, 0.2) is 41.1 Å². The van der Waals surface area contributed by atoms with E-state index in [1.54, 1.807) is 7.05 Å². The highest BCUT2D eigenvalue weighted by atomic mass is 16.5. The normalized spacial score (nSPS) is 10.6. The van der Waals surface area contributed by atoms with Crippen LogP contribution in [0.3, 0.4) is 0 Å². The maximum atomic E-state index is 12.8. The molecule has 1 amide bonds. The van der Waals surface area contributed by atoms with E-state index < -0.39 is 0 Å². The summed E-state index contributed by atoms with van der Waals surface area (Å²) < 4.78 is 16.1. The van der Waals surface area contributed by atoms with Gasteiger partial charge < -0.3 is 18.8 Å². The van der Waals surface area contributed by atoms with Gasteiger partial charge in [0.1, 0.15) is 17.7 Å². The van der Waals surface area contributed by atoms with Crippen LogP contribution in [0.5, 0.6) is 11.8 Å². The lowest BCUT2D eigenvalue weighted by molar-refractivity contribution is 0.0767. The maximum absolute atomic E-state index is 12.8. The average molecular weight is 327 g/mol. The van der Waals surface area contributed by atoms with Crippen molar-refractivity contribution >= 4 is 16.9 Å². The third-order valence-corrected chi connectivity index (χ3v) is 3.59. The molecule has 0 aliphatic heterocycles. The standard InChI is InChI=1S/C17H17N3O4/c1-20(9-12-8-11-6-4-5-7-13(11)24-12)17(21)14-15(22-2)18-10-19-16(14)23-3/h4-8,10H,9H2,1-3H3. The van der Waals surface area contributed by atoms with E-state index in [4.69, 9.17) is 13.9 Å². The topological polar surface area (TPSA) is 77.7 Å². The summed E-state index contributed by atoms with van der Waals surface area (Å²) in [5.41, 5.74) is 0.965. The molecule has 0 spiro atoms. The summed E-state index contributed by atoms with van der Waals surface area (Å²) in [6.07, 6.45) is 1.29. The number of benzene rings is 1. The SMILES string of the molecule is COc1ncnc(OC)c1C(=O)N(C)Cc1cc2ccccc2o1. The van der Waals surface area contributed by atoms with Crippen molar-refractivity contribution in [2.24, 2.45) is 0 Å². The van der Waals surface area contributed by atoms with Gasteiger partial charge in [-0.1, -0.05) is 18.2 Å². The van der Waals surface area contributed by atoms with Gasteiger partial charge in [0, 0.05) is 12.4 Å². The largest absolute Gasteiger partial charge is 0.480 e. The number of hydrogen-bond acceptors (Lipinski definition) is 6. The van der Waals surface area contributed by atoms with Crippen molar-refractivity contribution in [3.8, 4) is 11.8 Å². The van der Waals surface area contributed by atoms with Gasteiger partial charge in [0.2, 0.25) is 11.8 Å². The molecule has 3 aromatic rings. The molecule has 2 aromatic heterocycles. The van der Waals surface area contributed by atoms with Gasteiger partial charge in [-0.2, -0.15) is 0 Å². The highest BCUT2D eigenvalue weighted by Crippen LogP contribution is 2.26.